The summed E-state index contributed by atoms with van der Waals surface area (Å²) in [5, 5.41) is 8.60. The van der Waals surface area contributed by atoms with Gasteiger partial charge in [-0.15, -0.1) is 11.8 Å². The summed E-state index contributed by atoms with van der Waals surface area (Å²) in [7, 11) is 0. The number of hydrogen-bond acceptors (Lipinski definition) is 4. The second-order valence-electron chi connectivity index (χ2n) is 10.1. The number of carbonyl (C=O) groups excluding carboxylic acids is 3. The fourth-order valence-electron chi connectivity index (χ4n) is 4.50. The van der Waals surface area contributed by atoms with Crippen LogP contribution in [0, 0.1) is 6.92 Å². The summed E-state index contributed by atoms with van der Waals surface area (Å²) in [4.78, 5) is 40.9. The highest BCUT2D eigenvalue weighted by Crippen LogP contribution is 2.37. The molecule has 5 aromatic rings. The van der Waals surface area contributed by atoms with Crippen LogP contribution in [0.5, 0.6) is 0 Å². The van der Waals surface area contributed by atoms with Crippen molar-refractivity contribution in [3.63, 3.8) is 0 Å². The van der Waals surface area contributed by atoms with Crippen LogP contribution < -0.4 is 16.0 Å². The molecule has 0 aliphatic carbocycles. The zero-order chi connectivity index (χ0) is 31.6. The van der Waals surface area contributed by atoms with Gasteiger partial charge < -0.3 is 16.0 Å². The van der Waals surface area contributed by atoms with Gasteiger partial charge in [0.25, 0.3) is 11.8 Å². The molecule has 1 atom stereocenters. The summed E-state index contributed by atoms with van der Waals surface area (Å²) in [6.45, 7) is 1.94. The molecule has 0 fully saturated rings. The molecule has 0 heterocycles. The molecule has 224 valence electrons. The minimum absolute atomic E-state index is 0.0965. The maximum absolute atomic E-state index is 13.6. The van der Waals surface area contributed by atoms with Gasteiger partial charge in [0.2, 0.25) is 5.91 Å². The Morgan fingerprint density at radius 3 is 2.07 bits per heavy atom. The average molecular weight is 632 g/mol. The van der Waals surface area contributed by atoms with E-state index in [9.17, 15) is 14.4 Å². The van der Waals surface area contributed by atoms with E-state index in [1.54, 1.807) is 66.7 Å². The van der Waals surface area contributed by atoms with Crippen LogP contribution in [0.1, 0.15) is 32.3 Å². The summed E-state index contributed by atoms with van der Waals surface area (Å²) in [6.07, 6.45) is 1.66. The topological polar surface area (TPSA) is 87.3 Å². The first-order valence-electron chi connectivity index (χ1n) is 14.2. The highest BCUT2D eigenvalue weighted by molar-refractivity contribution is 8.00. The second-order valence-corrected chi connectivity index (χ2v) is 11.7. The fraction of sp³-hybridized carbons (Fsp3) is 0.0541. The van der Waals surface area contributed by atoms with Gasteiger partial charge in [0.05, 0.1) is 0 Å². The van der Waals surface area contributed by atoms with E-state index in [-0.39, 0.29) is 11.6 Å². The molecule has 8 heteroatoms. The summed E-state index contributed by atoms with van der Waals surface area (Å²) in [5.74, 6) is -1.09. The lowest BCUT2D eigenvalue weighted by Crippen LogP contribution is -2.30. The van der Waals surface area contributed by atoms with Crippen molar-refractivity contribution in [2.45, 2.75) is 17.1 Å². The number of nitrogens with one attached hydrogen (secondary N) is 3. The molecule has 1 unspecified atom stereocenters. The van der Waals surface area contributed by atoms with Crippen LogP contribution in [-0.4, -0.2) is 17.7 Å². The molecular weight excluding hydrogens is 602 g/mol. The van der Waals surface area contributed by atoms with E-state index < -0.39 is 17.1 Å². The predicted molar refractivity (Wildman–Crippen MR) is 183 cm³/mol. The Morgan fingerprint density at radius 2 is 1.36 bits per heavy atom. The van der Waals surface area contributed by atoms with Crippen molar-refractivity contribution in [1.29, 1.82) is 0 Å². The van der Waals surface area contributed by atoms with Gasteiger partial charge >= 0.3 is 0 Å². The molecule has 3 amide bonds. The Hall–Kier alpha value is -5.11. The number of anilines is 2. The molecule has 6 nitrogen and oxygen atoms in total. The Bertz CT molecular complexity index is 1840. The molecule has 0 saturated carbocycles. The van der Waals surface area contributed by atoms with E-state index >= 15 is 0 Å². The first-order valence-corrected chi connectivity index (χ1v) is 15.4. The van der Waals surface area contributed by atoms with Crippen molar-refractivity contribution in [1.82, 2.24) is 5.32 Å². The predicted octanol–water partition coefficient (Wildman–Crippen LogP) is 8.53. The summed E-state index contributed by atoms with van der Waals surface area (Å²) < 4.78 is 0. The molecule has 0 bridgehead atoms. The van der Waals surface area contributed by atoms with Crippen LogP contribution in [0.4, 0.5) is 11.4 Å². The number of benzene rings is 5. The molecule has 45 heavy (non-hydrogen) atoms. The smallest absolute Gasteiger partial charge is 0.272 e. The van der Waals surface area contributed by atoms with Gasteiger partial charge in [0.15, 0.2) is 0 Å². The minimum atomic E-state index is -0.585. The zero-order valence-corrected chi connectivity index (χ0v) is 25.9. The van der Waals surface area contributed by atoms with Gasteiger partial charge in [-0.1, -0.05) is 96.5 Å². The van der Waals surface area contributed by atoms with Crippen molar-refractivity contribution in [3.05, 3.63) is 166 Å². The summed E-state index contributed by atoms with van der Waals surface area (Å²) in [6, 6.07) is 40.1. The highest BCUT2D eigenvalue weighted by atomic mass is 35.5. The molecule has 5 rings (SSSR count). The van der Waals surface area contributed by atoms with Gasteiger partial charge in [-0.25, -0.2) is 0 Å². The molecule has 0 radical (unpaired) electrons. The van der Waals surface area contributed by atoms with E-state index in [2.05, 4.69) is 16.0 Å². The minimum Gasteiger partial charge on any atom is -0.325 e. The molecule has 5 aromatic carbocycles. The van der Waals surface area contributed by atoms with Crippen LogP contribution in [0.25, 0.3) is 6.08 Å². The van der Waals surface area contributed by atoms with Crippen LogP contribution in [0.3, 0.4) is 0 Å². The van der Waals surface area contributed by atoms with Crippen LogP contribution in [0.2, 0.25) is 5.02 Å². The Morgan fingerprint density at radius 1 is 0.711 bits per heavy atom. The molecule has 0 spiro atoms. The number of carbonyl (C=O) groups is 3. The van der Waals surface area contributed by atoms with Gasteiger partial charge in [0, 0.05) is 26.9 Å². The number of thioether (sulfide) groups is 1. The molecule has 0 aromatic heterocycles. The van der Waals surface area contributed by atoms with Gasteiger partial charge in [-0.3, -0.25) is 14.4 Å². The van der Waals surface area contributed by atoms with E-state index in [0.717, 1.165) is 21.6 Å². The molecular formula is C37H30ClN3O3S. The summed E-state index contributed by atoms with van der Waals surface area (Å²) >= 11 is 7.48. The Kier molecular flexibility index (Phi) is 10.5. The van der Waals surface area contributed by atoms with Crippen LogP contribution in [-0.2, 0) is 9.59 Å². The molecule has 0 aliphatic heterocycles. The van der Waals surface area contributed by atoms with Crippen LogP contribution in [0.15, 0.2) is 144 Å². The van der Waals surface area contributed by atoms with E-state index in [1.165, 1.54) is 11.8 Å². The normalized spacial score (nSPS) is 11.7. The Labute approximate surface area is 271 Å². The quantitative estimate of drug-likeness (QED) is 0.106. The third-order valence-corrected chi connectivity index (χ3v) is 8.28. The van der Waals surface area contributed by atoms with E-state index in [4.69, 9.17) is 11.6 Å². The van der Waals surface area contributed by atoms with Crippen molar-refractivity contribution in [3.8, 4) is 0 Å². The number of hydrogen-bond donors (Lipinski definition) is 3. The average Bonchev–Trinajstić information content (AvgIpc) is 3.05. The lowest BCUT2D eigenvalue weighted by molar-refractivity contribution is -0.116. The van der Waals surface area contributed by atoms with Crippen molar-refractivity contribution >= 4 is 58.5 Å². The third kappa shape index (κ3) is 8.72. The monoisotopic (exact) mass is 631 g/mol. The second kappa shape index (κ2) is 15.1. The number of halogens is 1. The third-order valence-electron chi connectivity index (χ3n) is 6.80. The Balaban J connectivity index is 1.38. The van der Waals surface area contributed by atoms with Crippen molar-refractivity contribution < 1.29 is 14.4 Å². The SMILES string of the molecule is Cc1ccccc1/C=C(\NC(=O)c1ccccc1)C(=O)Nc1cccc(SC(C(=O)Nc2cccc(Cl)c2)c2ccccc2)c1. The molecule has 0 aliphatic rings. The van der Waals surface area contributed by atoms with Gasteiger partial charge in [-0.05, 0) is 78.2 Å². The van der Waals surface area contributed by atoms with Gasteiger partial charge in [0.1, 0.15) is 10.9 Å². The number of rotatable bonds is 10. The first kappa shape index (κ1) is 31.3. The standard InChI is InChI=1S/C37H30ClN3O3S/c1-25-12-8-9-17-28(25)22-33(41-35(42)27-15-6-3-7-16-27)36(43)39-31-20-11-21-32(24-31)45-34(26-13-4-2-5-14-26)37(44)40-30-19-10-18-29(38)23-30/h2-24,34H,1H3,(H,39,43)(H,40,44)(H,41,42)/b33-22-. The lowest BCUT2D eigenvalue weighted by Gasteiger charge is -2.18. The maximum Gasteiger partial charge on any atom is 0.272 e. The van der Waals surface area contributed by atoms with E-state index in [0.29, 0.717) is 22.0 Å². The number of aryl methyl sites for hydroxylation is 1. The summed E-state index contributed by atoms with van der Waals surface area (Å²) in [5.41, 5.74) is 4.22. The van der Waals surface area contributed by atoms with Gasteiger partial charge in [-0.2, -0.15) is 0 Å². The maximum atomic E-state index is 13.6. The van der Waals surface area contributed by atoms with Crippen molar-refractivity contribution in [2.24, 2.45) is 0 Å². The fourth-order valence-corrected chi connectivity index (χ4v) is 5.78. The zero-order valence-electron chi connectivity index (χ0n) is 24.4. The largest absolute Gasteiger partial charge is 0.325 e. The van der Waals surface area contributed by atoms with Crippen LogP contribution >= 0.6 is 23.4 Å². The van der Waals surface area contributed by atoms with E-state index in [1.807, 2.05) is 79.7 Å². The molecule has 3 N–H and O–H groups in total. The highest BCUT2D eigenvalue weighted by Gasteiger charge is 2.23. The first-order chi connectivity index (χ1) is 21.9. The lowest BCUT2D eigenvalue weighted by atomic mass is 10.1. The van der Waals surface area contributed by atoms with Crippen molar-refractivity contribution in [2.75, 3.05) is 10.6 Å². The number of amides is 3. The molecule has 0 saturated heterocycles.